The molecular formula is C13H16N2O3. The van der Waals surface area contributed by atoms with Crippen LogP contribution in [0.5, 0.6) is 0 Å². The average Bonchev–Trinajstić information content (AvgIpc) is 2.64. The van der Waals surface area contributed by atoms with E-state index in [0.29, 0.717) is 6.54 Å². The van der Waals surface area contributed by atoms with Gasteiger partial charge >= 0.3 is 12.0 Å². The molecule has 1 heterocycles. The van der Waals surface area contributed by atoms with Crippen molar-refractivity contribution in [3.63, 3.8) is 0 Å². The Morgan fingerprint density at radius 2 is 2.22 bits per heavy atom. The lowest BCUT2D eigenvalue weighted by molar-refractivity contribution is -0.137. The van der Waals surface area contributed by atoms with Gasteiger partial charge in [0.05, 0.1) is 6.04 Å². The van der Waals surface area contributed by atoms with Crippen molar-refractivity contribution >= 4 is 12.0 Å². The molecule has 1 unspecified atom stereocenters. The molecule has 2 amide bonds. The normalized spacial score (nSPS) is 18.9. The Kier molecular flexibility index (Phi) is 3.23. The third-order valence-corrected chi connectivity index (χ3v) is 3.18. The number of rotatable bonds is 3. The minimum absolute atomic E-state index is 0.200. The molecule has 0 aliphatic carbocycles. The third kappa shape index (κ3) is 2.30. The molecule has 1 fully saturated rings. The molecule has 0 bridgehead atoms. The van der Waals surface area contributed by atoms with Gasteiger partial charge in [0.2, 0.25) is 0 Å². The fourth-order valence-corrected chi connectivity index (χ4v) is 2.26. The minimum atomic E-state index is -0.998. The molecule has 5 heteroatoms. The van der Waals surface area contributed by atoms with E-state index >= 15 is 0 Å². The van der Waals surface area contributed by atoms with Gasteiger partial charge in [-0.3, -0.25) is 4.79 Å². The van der Waals surface area contributed by atoms with Crippen molar-refractivity contribution in [1.29, 1.82) is 0 Å². The number of hydrogen-bond acceptors (Lipinski definition) is 2. The maximum absolute atomic E-state index is 11.6. The molecule has 0 spiro atoms. The first kappa shape index (κ1) is 12.4. The van der Waals surface area contributed by atoms with Gasteiger partial charge in [0.15, 0.2) is 0 Å². The molecule has 1 aromatic rings. The van der Waals surface area contributed by atoms with Gasteiger partial charge in [-0.2, -0.15) is 0 Å². The van der Waals surface area contributed by atoms with Crippen LogP contribution >= 0.6 is 0 Å². The number of carbonyl (C=O) groups is 2. The number of aliphatic carboxylic acids is 1. The van der Waals surface area contributed by atoms with Gasteiger partial charge in [-0.1, -0.05) is 23.8 Å². The van der Waals surface area contributed by atoms with Crippen LogP contribution in [-0.2, 0) is 4.79 Å². The van der Waals surface area contributed by atoms with Crippen LogP contribution in [0.25, 0.3) is 0 Å². The van der Waals surface area contributed by atoms with Crippen molar-refractivity contribution in [1.82, 2.24) is 10.2 Å². The Morgan fingerprint density at radius 3 is 2.89 bits per heavy atom. The second-order valence-corrected chi connectivity index (χ2v) is 4.58. The molecular weight excluding hydrogens is 232 g/mol. The van der Waals surface area contributed by atoms with Crippen LogP contribution in [0.4, 0.5) is 4.79 Å². The number of aryl methyl sites for hydroxylation is 2. The average molecular weight is 248 g/mol. The van der Waals surface area contributed by atoms with Crippen LogP contribution in [0, 0.1) is 13.8 Å². The zero-order valence-corrected chi connectivity index (χ0v) is 10.4. The number of nitrogens with zero attached hydrogens (tertiary/aromatic N) is 1. The highest BCUT2D eigenvalue weighted by atomic mass is 16.4. The number of carboxylic acids is 1. The molecule has 5 nitrogen and oxygen atoms in total. The highest BCUT2D eigenvalue weighted by Crippen LogP contribution is 2.27. The van der Waals surface area contributed by atoms with Crippen molar-refractivity contribution in [2.75, 3.05) is 13.1 Å². The van der Waals surface area contributed by atoms with Gasteiger partial charge in [-0.15, -0.1) is 0 Å². The smallest absolute Gasteiger partial charge is 0.323 e. The molecule has 1 aliphatic heterocycles. The first-order valence-electron chi connectivity index (χ1n) is 5.82. The minimum Gasteiger partial charge on any atom is -0.480 e. The quantitative estimate of drug-likeness (QED) is 0.850. The summed E-state index contributed by atoms with van der Waals surface area (Å²) in [5, 5.41) is 11.6. The number of carboxylic acid groups (broad SMARTS) is 1. The van der Waals surface area contributed by atoms with E-state index in [0.717, 1.165) is 16.7 Å². The molecule has 2 rings (SSSR count). The highest BCUT2D eigenvalue weighted by Gasteiger charge is 2.33. The van der Waals surface area contributed by atoms with Crippen LogP contribution in [0.1, 0.15) is 22.7 Å². The number of hydrogen-bond donors (Lipinski definition) is 2. The van der Waals surface area contributed by atoms with E-state index in [1.54, 1.807) is 0 Å². The van der Waals surface area contributed by atoms with Crippen molar-refractivity contribution in [2.24, 2.45) is 0 Å². The Bertz CT molecular complexity index is 499. The van der Waals surface area contributed by atoms with Gasteiger partial charge in [0.1, 0.15) is 6.54 Å². The van der Waals surface area contributed by atoms with Gasteiger partial charge in [0.25, 0.3) is 0 Å². The molecule has 2 N–H and O–H groups in total. The van der Waals surface area contributed by atoms with E-state index in [-0.39, 0.29) is 18.6 Å². The fourth-order valence-electron chi connectivity index (χ4n) is 2.26. The molecule has 0 saturated carbocycles. The van der Waals surface area contributed by atoms with E-state index in [1.165, 1.54) is 4.90 Å². The van der Waals surface area contributed by atoms with E-state index in [1.807, 2.05) is 32.0 Å². The molecule has 0 radical (unpaired) electrons. The second kappa shape index (κ2) is 4.68. The lowest BCUT2D eigenvalue weighted by atomic mass is 9.98. The first-order valence-corrected chi connectivity index (χ1v) is 5.82. The summed E-state index contributed by atoms with van der Waals surface area (Å²) in [5.41, 5.74) is 3.18. The summed E-state index contributed by atoms with van der Waals surface area (Å²) in [5.74, 6) is -0.998. The topological polar surface area (TPSA) is 69.6 Å². The number of benzene rings is 1. The Morgan fingerprint density at radius 1 is 1.50 bits per heavy atom. The van der Waals surface area contributed by atoms with Gasteiger partial charge in [-0.25, -0.2) is 4.79 Å². The summed E-state index contributed by atoms with van der Waals surface area (Å²) >= 11 is 0. The third-order valence-electron chi connectivity index (χ3n) is 3.18. The van der Waals surface area contributed by atoms with Crippen molar-refractivity contribution in [2.45, 2.75) is 19.9 Å². The summed E-state index contributed by atoms with van der Waals surface area (Å²) in [4.78, 5) is 23.8. The standard InChI is InChI=1S/C13H16N2O3/c1-8-3-4-9(2)10(5-8)11-6-14-13(18)15(11)7-12(16)17/h3-5,11H,6-7H2,1-2H3,(H,14,18)(H,16,17). The molecule has 1 atom stereocenters. The van der Waals surface area contributed by atoms with Crippen molar-refractivity contribution in [3.05, 3.63) is 34.9 Å². The Hall–Kier alpha value is -2.04. The second-order valence-electron chi connectivity index (χ2n) is 4.58. The SMILES string of the molecule is Cc1ccc(C)c(C2CNC(=O)N2CC(=O)O)c1. The molecule has 1 aliphatic rings. The van der Waals surface area contributed by atoms with Crippen molar-refractivity contribution < 1.29 is 14.7 Å². The summed E-state index contributed by atoms with van der Waals surface area (Å²) in [6.45, 7) is 4.13. The van der Waals surface area contributed by atoms with E-state index in [2.05, 4.69) is 5.32 Å². The zero-order chi connectivity index (χ0) is 13.3. The maximum Gasteiger partial charge on any atom is 0.323 e. The van der Waals surface area contributed by atoms with Crippen LogP contribution in [0.2, 0.25) is 0 Å². The van der Waals surface area contributed by atoms with Crippen LogP contribution in [0.3, 0.4) is 0 Å². The predicted octanol–water partition coefficient (Wildman–Crippen LogP) is 1.45. The lowest BCUT2D eigenvalue weighted by Gasteiger charge is -2.23. The van der Waals surface area contributed by atoms with E-state index < -0.39 is 5.97 Å². The summed E-state index contributed by atoms with van der Waals surface area (Å²) in [7, 11) is 0. The summed E-state index contributed by atoms with van der Waals surface area (Å²) < 4.78 is 0. The van der Waals surface area contributed by atoms with Gasteiger partial charge in [0, 0.05) is 6.54 Å². The molecule has 1 aromatic carbocycles. The summed E-state index contributed by atoms with van der Waals surface area (Å²) in [6, 6.07) is 5.49. The summed E-state index contributed by atoms with van der Waals surface area (Å²) in [6.07, 6.45) is 0. The van der Waals surface area contributed by atoms with Crippen molar-refractivity contribution in [3.8, 4) is 0 Å². The van der Waals surface area contributed by atoms with Crippen LogP contribution < -0.4 is 5.32 Å². The molecule has 18 heavy (non-hydrogen) atoms. The zero-order valence-electron chi connectivity index (χ0n) is 10.4. The Labute approximate surface area is 105 Å². The Balaban J connectivity index is 2.33. The first-order chi connectivity index (χ1) is 8.49. The van der Waals surface area contributed by atoms with Crippen LogP contribution in [-0.4, -0.2) is 35.1 Å². The largest absolute Gasteiger partial charge is 0.480 e. The number of amides is 2. The van der Waals surface area contributed by atoms with E-state index in [4.69, 9.17) is 5.11 Å². The molecule has 0 aromatic heterocycles. The molecule has 96 valence electrons. The lowest BCUT2D eigenvalue weighted by Crippen LogP contribution is -2.34. The highest BCUT2D eigenvalue weighted by molar-refractivity contribution is 5.82. The number of nitrogens with one attached hydrogen (secondary N) is 1. The van der Waals surface area contributed by atoms with Gasteiger partial charge in [-0.05, 0) is 25.0 Å². The van der Waals surface area contributed by atoms with E-state index in [9.17, 15) is 9.59 Å². The number of carbonyl (C=O) groups excluding carboxylic acids is 1. The number of urea groups is 1. The molecule has 1 saturated heterocycles. The fraction of sp³-hybridized carbons (Fsp3) is 0.385. The predicted molar refractivity (Wildman–Crippen MR) is 66.4 cm³/mol. The monoisotopic (exact) mass is 248 g/mol. The van der Waals surface area contributed by atoms with Crippen LogP contribution in [0.15, 0.2) is 18.2 Å². The van der Waals surface area contributed by atoms with Gasteiger partial charge < -0.3 is 15.3 Å². The maximum atomic E-state index is 11.6.